The summed E-state index contributed by atoms with van der Waals surface area (Å²) in [5.41, 5.74) is 10.7. The van der Waals surface area contributed by atoms with Crippen LogP contribution in [-0.2, 0) is 11.3 Å². The summed E-state index contributed by atoms with van der Waals surface area (Å²) in [6.07, 6.45) is -8.11. The maximum absolute atomic E-state index is 13.1. The van der Waals surface area contributed by atoms with Crippen LogP contribution in [0, 0.1) is 0 Å². The largest absolute Gasteiger partial charge is 0.504 e. The molecule has 5 atom stereocenters. The van der Waals surface area contributed by atoms with Crippen molar-refractivity contribution in [3.8, 4) is 11.5 Å². The molecule has 2 aromatic rings. The number of benzene rings is 2. The molecular formula is C22H23N3O9. The Bertz CT molecular complexity index is 1180. The van der Waals surface area contributed by atoms with Gasteiger partial charge in [0, 0.05) is 22.3 Å². The number of ether oxygens (including phenoxy) is 2. The van der Waals surface area contributed by atoms with E-state index in [1.807, 2.05) is 0 Å². The summed E-state index contributed by atoms with van der Waals surface area (Å²) in [5.74, 6) is -2.54. The monoisotopic (exact) mass is 473 g/mol. The second-order valence-electron chi connectivity index (χ2n) is 7.90. The lowest BCUT2D eigenvalue weighted by Gasteiger charge is -2.39. The fraction of sp³-hybridized carbons (Fsp3) is 0.318. The van der Waals surface area contributed by atoms with Gasteiger partial charge in [-0.25, -0.2) is 4.99 Å². The maximum atomic E-state index is 13.1. The van der Waals surface area contributed by atoms with Gasteiger partial charge in [-0.2, -0.15) is 0 Å². The summed E-state index contributed by atoms with van der Waals surface area (Å²) in [5, 5.41) is 50.8. The van der Waals surface area contributed by atoms with Crippen LogP contribution >= 0.6 is 0 Å². The van der Waals surface area contributed by atoms with Crippen molar-refractivity contribution in [3.05, 3.63) is 58.1 Å². The van der Waals surface area contributed by atoms with Gasteiger partial charge in [0.05, 0.1) is 18.7 Å². The SMILES string of the molecule is NC(N)=NCc1cc2c(c(O)c1OC1OC(CO)C(O)C(O)C1O)C(=O)c1ccccc1C2=O. The Morgan fingerprint density at radius 1 is 1.00 bits per heavy atom. The Morgan fingerprint density at radius 2 is 1.65 bits per heavy atom. The van der Waals surface area contributed by atoms with Crippen LogP contribution in [0.5, 0.6) is 11.5 Å². The summed E-state index contributed by atoms with van der Waals surface area (Å²) in [4.78, 5) is 30.1. The third-order valence-corrected chi connectivity index (χ3v) is 5.73. The number of aliphatic imine (C=N–C) groups is 1. The van der Waals surface area contributed by atoms with E-state index < -0.39 is 54.6 Å². The topological polar surface area (TPSA) is 218 Å². The first-order valence-corrected chi connectivity index (χ1v) is 10.3. The number of guanidine groups is 1. The van der Waals surface area contributed by atoms with Crippen molar-refractivity contribution in [2.75, 3.05) is 6.61 Å². The van der Waals surface area contributed by atoms with E-state index in [2.05, 4.69) is 4.99 Å². The first kappa shape index (κ1) is 23.6. The average molecular weight is 473 g/mol. The molecule has 2 aromatic carbocycles. The summed E-state index contributed by atoms with van der Waals surface area (Å²) >= 11 is 0. The molecule has 1 heterocycles. The number of carbonyl (C=O) groups excluding carboxylic acids is 2. The van der Waals surface area contributed by atoms with Crippen LogP contribution in [0.1, 0.15) is 37.4 Å². The van der Waals surface area contributed by atoms with Crippen LogP contribution in [0.25, 0.3) is 0 Å². The van der Waals surface area contributed by atoms with E-state index in [4.69, 9.17) is 20.9 Å². The molecule has 34 heavy (non-hydrogen) atoms. The maximum Gasteiger partial charge on any atom is 0.229 e. The molecule has 12 nitrogen and oxygen atoms in total. The Balaban J connectivity index is 1.83. The van der Waals surface area contributed by atoms with Gasteiger partial charge in [0.2, 0.25) is 6.29 Å². The minimum absolute atomic E-state index is 0.0714. The number of phenolic OH excluding ortho intramolecular Hbond substituents is 1. The van der Waals surface area contributed by atoms with Crippen molar-refractivity contribution in [1.29, 1.82) is 0 Å². The molecular weight excluding hydrogens is 450 g/mol. The number of phenols is 1. The number of aliphatic hydroxyl groups excluding tert-OH is 4. The van der Waals surface area contributed by atoms with Crippen LogP contribution in [0.3, 0.4) is 0 Å². The molecule has 0 amide bonds. The smallest absolute Gasteiger partial charge is 0.229 e. The van der Waals surface area contributed by atoms with Crippen molar-refractivity contribution >= 4 is 17.5 Å². The highest BCUT2D eigenvalue weighted by Crippen LogP contribution is 2.42. The van der Waals surface area contributed by atoms with E-state index in [-0.39, 0.29) is 46.1 Å². The molecule has 9 N–H and O–H groups in total. The number of fused-ring (bicyclic) bond motifs is 2. The molecule has 0 radical (unpaired) electrons. The van der Waals surface area contributed by atoms with Crippen molar-refractivity contribution < 1.29 is 44.6 Å². The minimum atomic E-state index is -1.79. The first-order valence-electron chi connectivity index (χ1n) is 10.3. The molecule has 0 aromatic heterocycles. The van der Waals surface area contributed by atoms with Gasteiger partial charge in [0.25, 0.3) is 0 Å². The van der Waals surface area contributed by atoms with Gasteiger partial charge in [-0.1, -0.05) is 24.3 Å². The Hall–Kier alpha value is -3.55. The zero-order valence-electron chi connectivity index (χ0n) is 17.7. The third-order valence-electron chi connectivity index (χ3n) is 5.73. The molecule has 1 fully saturated rings. The van der Waals surface area contributed by atoms with E-state index in [9.17, 15) is 35.1 Å². The number of nitrogens with zero attached hydrogens (tertiary/aromatic N) is 1. The Kier molecular flexibility index (Phi) is 6.25. The van der Waals surface area contributed by atoms with Crippen LogP contribution in [0.15, 0.2) is 35.3 Å². The highest BCUT2D eigenvalue weighted by Gasteiger charge is 2.45. The zero-order valence-corrected chi connectivity index (χ0v) is 17.7. The Morgan fingerprint density at radius 3 is 2.26 bits per heavy atom. The molecule has 0 spiro atoms. The second-order valence-corrected chi connectivity index (χ2v) is 7.90. The molecule has 12 heteroatoms. The summed E-state index contributed by atoms with van der Waals surface area (Å²) < 4.78 is 11.0. The van der Waals surface area contributed by atoms with Crippen LogP contribution < -0.4 is 16.2 Å². The van der Waals surface area contributed by atoms with Gasteiger partial charge < -0.3 is 46.5 Å². The van der Waals surface area contributed by atoms with Gasteiger partial charge in [-0.3, -0.25) is 9.59 Å². The zero-order chi connectivity index (χ0) is 24.7. The summed E-state index contributed by atoms with van der Waals surface area (Å²) in [6.45, 7) is -0.981. The normalized spacial score (nSPS) is 25.9. The lowest BCUT2D eigenvalue weighted by Crippen LogP contribution is -2.60. The highest BCUT2D eigenvalue weighted by atomic mass is 16.7. The van der Waals surface area contributed by atoms with E-state index in [0.29, 0.717) is 0 Å². The fourth-order valence-electron chi connectivity index (χ4n) is 3.98. The number of hydrogen-bond donors (Lipinski definition) is 7. The molecule has 1 aliphatic carbocycles. The molecule has 2 aliphatic rings. The molecule has 5 unspecified atom stereocenters. The van der Waals surface area contributed by atoms with Crippen molar-refractivity contribution in [3.63, 3.8) is 0 Å². The summed E-state index contributed by atoms with van der Waals surface area (Å²) in [7, 11) is 0. The third kappa shape index (κ3) is 3.87. The van der Waals surface area contributed by atoms with Gasteiger partial charge in [-0.15, -0.1) is 0 Å². The summed E-state index contributed by atoms with van der Waals surface area (Å²) in [6, 6.07) is 7.40. The van der Waals surface area contributed by atoms with E-state index in [0.717, 1.165) is 0 Å². The van der Waals surface area contributed by atoms with Crippen molar-refractivity contribution in [1.82, 2.24) is 0 Å². The lowest BCUT2D eigenvalue weighted by molar-refractivity contribution is -0.277. The molecule has 180 valence electrons. The number of rotatable bonds is 5. The van der Waals surface area contributed by atoms with E-state index in [1.165, 1.54) is 18.2 Å². The average Bonchev–Trinajstić information content (AvgIpc) is 2.82. The molecule has 4 rings (SSSR count). The highest BCUT2D eigenvalue weighted by molar-refractivity contribution is 6.29. The number of aromatic hydroxyl groups is 1. The molecule has 1 aliphatic heterocycles. The lowest BCUT2D eigenvalue weighted by atomic mass is 9.82. The standard InChI is InChI=1S/C22H23N3O9/c23-22(24)25-6-8-5-11-13(15(28)10-4-2-1-3-9(10)14(11)27)17(30)20(8)34-21-19(32)18(31)16(29)12(7-26)33-21/h1-5,12,16,18-19,21,26,29-32H,6-7H2,(H4,23,24,25). The second kappa shape index (κ2) is 9.00. The van der Waals surface area contributed by atoms with Crippen molar-refractivity contribution in [2.24, 2.45) is 16.5 Å². The van der Waals surface area contributed by atoms with Crippen LogP contribution in [0.2, 0.25) is 0 Å². The van der Waals surface area contributed by atoms with E-state index >= 15 is 0 Å². The predicted molar refractivity (Wildman–Crippen MR) is 115 cm³/mol. The van der Waals surface area contributed by atoms with Gasteiger partial charge >= 0.3 is 0 Å². The number of ketones is 2. The predicted octanol–water partition coefficient (Wildman–Crippen LogP) is -1.88. The molecule has 0 bridgehead atoms. The van der Waals surface area contributed by atoms with Crippen LogP contribution in [-0.4, -0.2) is 80.4 Å². The quantitative estimate of drug-likeness (QED) is 0.161. The number of nitrogens with two attached hydrogens (primary N) is 2. The fourth-order valence-corrected chi connectivity index (χ4v) is 3.98. The molecule has 0 saturated carbocycles. The number of aliphatic hydroxyl groups is 4. The van der Waals surface area contributed by atoms with E-state index in [1.54, 1.807) is 12.1 Å². The van der Waals surface area contributed by atoms with Gasteiger partial charge in [0.15, 0.2) is 29.0 Å². The first-order chi connectivity index (χ1) is 16.1. The number of hydrogen-bond acceptors (Lipinski definition) is 10. The van der Waals surface area contributed by atoms with Crippen molar-refractivity contribution in [2.45, 2.75) is 37.3 Å². The Labute approximate surface area is 192 Å². The van der Waals surface area contributed by atoms with Gasteiger partial charge in [0.1, 0.15) is 24.4 Å². The minimum Gasteiger partial charge on any atom is -0.504 e. The number of carbonyl (C=O) groups is 2. The van der Waals surface area contributed by atoms with Crippen LogP contribution in [0.4, 0.5) is 0 Å². The van der Waals surface area contributed by atoms with Gasteiger partial charge in [-0.05, 0) is 6.07 Å². The molecule has 1 saturated heterocycles.